The van der Waals surface area contributed by atoms with Gasteiger partial charge in [0.05, 0.1) is 0 Å². The lowest BCUT2D eigenvalue weighted by Crippen LogP contribution is -2.00. The molecule has 3 nitrogen and oxygen atoms in total. The predicted molar refractivity (Wildman–Crippen MR) is 220 cm³/mol. The monoisotopic (exact) mass is 693 g/mol. The molecule has 1 aliphatic heterocycles. The fraction of sp³-hybridized carbons (Fsp3) is 0. The summed E-state index contributed by atoms with van der Waals surface area (Å²) in [5.74, 6) is 1.97. The van der Waals surface area contributed by atoms with Crippen LogP contribution < -0.4 is 0 Å². The summed E-state index contributed by atoms with van der Waals surface area (Å²) in [5, 5.41) is 2.66. The van der Waals surface area contributed by atoms with E-state index in [1.54, 1.807) is 0 Å². The van der Waals surface area contributed by atoms with Gasteiger partial charge in [0.15, 0.2) is 17.5 Å². The van der Waals surface area contributed by atoms with E-state index in [9.17, 15) is 0 Å². The molecule has 0 aliphatic carbocycles. The topological polar surface area (TPSA) is 38.7 Å². The van der Waals surface area contributed by atoms with Gasteiger partial charge in [-0.25, -0.2) is 15.0 Å². The normalized spacial score (nSPS) is 11.7. The van der Waals surface area contributed by atoms with E-state index in [2.05, 4.69) is 127 Å². The van der Waals surface area contributed by atoms with Crippen molar-refractivity contribution >= 4 is 22.5 Å². The van der Waals surface area contributed by atoms with E-state index in [4.69, 9.17) is 15.0 Å². The van der Waals surface area contributed by atoms with E-state index >= 15 is 0 Å². The van der Waals surface area contributed by atoms with Gasteiger partial charge in [0, 0.05) is 31.9 Å². The molecule has 0 amide bonds. The average molecular weight is 694 g/mol. The lowest BCUT2D eigenvalue weighted by Gasteiger charge is -2.21. The Morgan fingerprint density at radius 1 is 0.283 bits per heavy atom. The van der Waals surface area contributed by atoms with Gasteiger partial charge in [0.1, 0.15) is 0 Å². The van der Waals surface area contributed by atoms with Crippen LogP contribution in [-0.4, -0.2) is 15.0 Å². The zero-order valence-corrected chi connectivity index (χ0v) is 29.5. The van der Waals surface area contributed by atoms with Gasteiger partial charge in [0.25, 0.3) is 0 Å². The molecular formula is C49H31N3S. The molecule has 1 aromatic heterocycles. The van der Waals surface area contributed by atoms with Gasteiger partial charge >= 0.3 is 0 Å². The minimum Gasteiger partial charge on any atom is -0.208 e. The molecule has 0 N–H and O–H groups in total. The third-order valence-electron chi connectivity index (χ3n) is 9.95. The van der Waals surface area contributed by atoms with Crippen LogP contribution in [0.1, 0.15) is 0 Å². The van der Waals surface area contributed by atoms with Crippen molar-refractivity contribution in [2.24, 2.45) is 0 Å². The molecule has 0 radical (unpaired) electrons. The van der Waals surface area contributed by atoms with E-state index in [0.29, 0.717) is 17.5 Å². The fourth-order valence-corrected chi connectivity index (χ4v) is 8.41. The number of hydrogen-bond acceptors (Lipinski definition) is 4. The molecule has 0 unspecified atom stereocenters. The summed E-state index contributed by atoms with van der Waals surface area (Å²) >= 11 is 1.87. The van der Waals surface area contributed by atoms with E-state index in [0.717, 1.165) is 27.8 Å². The Hall–Kier alpha value is -6.62. The van der Waals surface area contributed by atoms with Crippen molar-refractivity contribution in [1.82, 2.24) is 15.0 Å². The van der Waals surface area contributed by atoms with Gasteiger partial charge < -0.3 is 0 Å². The Labute approximate surface area is 312 Å². The third kappa shape index (κ3) is 5.89. The van der Waals surface area contributed by atoms with Crippen LogP contribution in [0.15, 0.2) is 198 Å². The summed E-state index contributed by atoms with van der Waals surface area (Å²) in [6.07, 6.45) is 0. The average Bonchev–Trinajstić information content (AvgIpc) is 3.24. The smallest absolute Gasteiger partial charge is 0.164 e. The van der Waals surface area contributed by atoms with E-state index in [1.165, 1.54) is 53.9 Å². The highest BCUT2D eigenvalue weighted by atomic mass is 32.2. The van der Waals surface area contributed by atoms with Crippen LogP contribution in [-0.2, 0) is 0 Å². The summed E-state index contributed by atoms with van der Waals surface area (Å²) in [5.41, 5.74) is 12.6. The van der Waals surface area contributed by atoms with Crippen LogP contribution >= 0.6 is 11.8 Å². The Morgan fingerprint density at radius 2 is 0.717 bits per heavy atom. The molecule has 8 aromatic carbocycles. The third-order valence-corrected chi connectivity index (χ3v) is 11.1. The Bertz CT molecular complexity index is 2710. The van der Waals surface area contributed by atoms with E-state index in [-0.39, 0.29) is 0 Å². The Balaban J connectivity index is 0.919. The first kappa shape index (κ1) is 31.1. The molecule has 248 valence electrons. The fourth-order valence-electron chi connectivity index (χ4n) is 7.23. The van der Waals surface area contributed by atoms with Crippen LogP contribution in [0.3, 0.4) is 0 Å². The lowest BCUT2D eigenvalue weighted by molar-refractivity contribution is 1.07. The number of aromatic nitrogens is 3. The van der Waals surface area contributed by atoms with Crippen molar-refractivity contribution in [1.29, 1.82) is 0 Å². The molecule has 9 aromatic rings. The SMILES string of the molecule is c1ccc(-c2nc(-c3ccccc3)nc(-c3ccc(-c4cccc(-c5ccc(-c6ccc7c(c6)Sc6cccc8cccc-7c68)cc5)c4)cc3)n2)cc1. The molecule has 1 aliphatic rings. The molecule has 0 bridgehead atoms. The summed E-state index contributed by atoms with van der Waals surface area (Å²) in [4.78, 5) is 17.3. The highest BCUT2D eigenvalue weighted by molar-refractivity contribution is 7.99. The Kier molecular flexibility index (Phi) is 7.74. The van der Waals surface area contributed by atoms with Crippen molar-refractivity contribution in [3.63, 3.8) is 0 Å². The molecule has 0 spiro atoms. The second-order valence-corrected chi connectivity index (χ2v) is 14.3. The van der Waals surface area contributed by atoms with E-state index < -0.39 is 0 Å². The van der Waals surface area contributed by atoms with Gasteiger partial charge in [-0.3, -0.25) is 0 Å². The van der Waals surface area contributed by atoms with Crippen LogP contribution in [0, 0.1) is 0 Å². The first-order chi connectivity index (χ1) is 26.2. The molecule has 2 heterocycles. The van der Waals surface area contributed by atoms with Crippen LogP contribution in [0.4, 0.5) is 0 Å². The standard InChI is InChI=1S/C49H31N3S/c1-3-10-36(11-4-1)47-50-48(37-12-5-2-6-13-37)52-49(51-47)38-26-24-33(25-27-38)40-17-7-16-39(30-40)32-20-22-34(23-21-32)41-28-29-42-43-18-8-14-35-15-9-19-44(46(35)43)53-45(42)31-41/h1-31H. The molecule has 4 heteroatoms. The molecular weight excluding hydrogens is 663 g/mol. The molecule has 0 saturated heterocycles. The second-order valence-electron chi connectivity index (χ2n) is 13.2. The largest absolute Gasteiger partial charge is 0.208 e. The minimum atomic E-state index is 0.651. The van der Waals surface area contributed by atoms with Crippen molar-refractivity contribution < 1.29 is 0 Å². The number of benzene rings is 8. The maximum atomic E-state index is 4.90. The maximum Gasteiger partial charge on any atom is 0.164 e. The van der Waals surface area contributed by atoms with Gasteiger partial charge in [-0.2, -0.15) is 0 Å². The summed E-state index contributed by atoms with van der Waals surface area (Å²) < 4.78 is 0. The van der Waals surface area contributed by atoms with Crippen molar-refractivity contribution in [3.8, 4) is 78.7 Å². The first-order valence-corrected chi connectivity index (χ1v) is 18.6. The van der Waals surface area contributed by atoms with Gasteiger partial charge in [-0.15, -0.1) is 0 Å². The van der Waals surface area contributed by atoms with Gasteiger partial charge in [-0.05, 0) is 68.1 Å². The van der Waals surface area contributed by atoms with Crippen molar-refractivity contribution in [2.75, 3.05) is 0 Å². The van der Waals surface area contributed by atoms with Crippen LogP contribution in [0.5, 0.6) is 0 Å². The molecule has 10 rings (SSSR count). The van der Waals surface area contributed by atoms with E-state index in [1.807, 2.05) is 72.4 Å². The zero-order chi connectivity index (χ0) is 35.1. The molecule has 0 fully saturated rings. The van der Waals surface area contributed by atoms with Gasteiger partial charge in [-0.1, -0.05) is 182 Å². The summed E-state index contributed by atoms with van der Waals surface area (Å²) in [6.45, 7) is 0. The van der Waals surface area contributed by atoms with Crippen LogP contribution in [0.2, 0.25) is 0 Å². The maximum absolute atomic E-state index is 4.90. The quantitative estimate of drug-likeness (QED) is 0.174. The minimum absolute atomic E-state index is 0.651. The highest BCUT2D eigenvalue weighted by Gasteiger charge is 2.19. The number of nitrogens with zero attached hydrogens (tertiary/aromatic N) is 3. The number of rotatable bonds is 6. The summed E-state index contributed by atoms with van der Waals surface area (Å²) in [7, 11) is 0. The zero-order valence-electron chi connectivity index (χ0n) is 28.6. The van der Waals surface area contributed by atoms with Crippen molar-refractivity contribution in [2.45, 2.75) is 9.79 Å². The summed E-state index contributed by atoms with van der Waals surface area (Å²) in [6, 6.07) is 66.5. The van der Waals surface area contributed by atoms with Gasteiger partial charge in [0.2, 0.25) is 0 Å². The second kappa shape index (κ2) is 13.2. The Morgan fingerprint density at radius 3 is 1.28 bits per heavy atom. The predicted octanol–water partition coefficient (Wildman–Crippen LogP) is 13.2. The first-order valence-electron chi connectivity index (χ1n) is 17.8. The lowest BCUT2D eigenvalue weighted by atomic mass is 9.94. The number of fused-ring (bicyclic) bond motifs is 2. The van der Waals surface area contributed by atoms with Crippen molar-refractivity contribution in [3.05, 3.63) is 188 Å². The molecule has 0 saturated carbocycles. The highest BCUT2D eigenvalue weighted by Crippen LogP contribution is 2.48. The van der Waals surface area contributed by atoms with Crippen LogP contribution in [0.25, 0.3) is 89.4 Å². The molecule has 53 heavy (non-hydrogen) atoms. The number of hydrogen-bond donors (Lipinski definition) is 0. The molecule has 0 atom stereocenters.